The fourth-order valence-electron chi connectivity index (χ4n) is 3.88. The highest BCUT2D eigenvalue weighted by Gasteiger charge is 2.38. The van der Waals surface area contributed by atoms with Crippen molar-refractivity contribution in [2.75, 3.05) is 32.7 Å². The first kappa shape index (κ1) is 26.5. The Morgan fingerprint density at radius 3 is 2.23 bits per heavy atom. The summed E-state index contributed by atoms with van der Waals surface area (Å²) in [5.74, 6) is -0.793. The summed E-state index contributed by atoms with van der Waals surface area (Å²) in [5, 5.41) is 2.82. The number of hydrogen-bond donors (Lipinski definition) is 1. The van der Waals surface area contributed by atoms with Crippen molar-refractivity contribution in [1.82, 2.24) is 15.1 Å². The lowest BCUT2D eigenvalue weighted by Gasteiger charge is -2.23. The van der Waals surface area contributed by atoms with E-state index in [2.05, 4.69) is 5.32 Å². The number of hydrogen-bond acceptors (Lipinski definition) is 3. The van der Waals surface area contributed by atoms with Gasteiger partial charge in [0.2, 0.25) is 11.8 Å². The molecule has 0 spiro atoms. The molecule has 2 aromatic carbocycles. The first-order chi connectivity index (χ1) is 16.4. The van der Waals surface area contributed by atoms with Gasteiger partial charge in [-0.05, 0) is 29.7 Å². The molecular weight excluding hydrogens is 476 g/mol. The van der Waals surface area contributed by atoms with E-state index in [4.69, 9.17) is 0 Å². The Hall–Kier alpha value is -3.08. The molecule has 1 aliphatic heterocycles. The largest absolute Gasteiger partial charge is 0.416 e. The highest BCUT2D eigenvalue weighted by atomic mass is 19.4. The topological polar surface area (TPSA) is 52.7 Å². The Morgan fingerprint density at radius 2 is 1.57 bits per heavy atom. The predicted molar refractivity (Wildman–Crippen MR) is 116 cm³/mol. The van der Waals surface area contributed by atoms with Crippen LogP contribution in [0.4, 0.5) is 26.3 Å². The van der Waals surface area contributed by atoms with Gasteiger partial charge in [0.05, 0.1) is 24.1 Å². The van der Waals surface area contributed by atoms with E-state index in [1.54, 1.807) is 0 Å². The predicted octanol–water partition coefficient (Wildman–Crippen LogP) is 4.12. The van der Waals surface area contributed by atoms with E-state index < -0.39 is 41.4 Å². The maximum absolute atomic E-state index is 13.4. The third-order valence-corrected chi connectivity index (χ3v) is 5.73. The van der Waals surface area contributed by atoms with E-state index in [1.165, 1.54) is 4.90 Å². The van der Waals surface area contributed by atoms with Crippen LogP contribution in [0.2, 0.25) is 0 Å². The third kappa shape index (κ3) is 7.71. The second-order valence-corrected chi connectivity index (χ2v) is 8.32. The van der Waals surface area contributed by atoms with E-state index in [1.807, 2.05) is 35.2 Å². The molecule has 0 atom stereocenters. The van der Waals surface area contributed by atoms with Gasteiger partial charge in [0.1, 0.15) is 0 Å². The number of nitrogens with one attached hydrogen (secondary N) is 1. The molecule has 1 aliphatic rings. The maximum atomic E-state index is 13.4. The molecule has 0 aliphatic carbocycles. The average molecular weight is 501 g/mol. The Bertz CT molecular complexity index is 1020. The van der Waals surface area contributed by atoms with E-state index in [9.17, 15) is 35.9 Å². The molecule has 190 valence electrons. The first-order valence-corrected chi connectivity index (χ1v) is 11.0. The van der Waals surface area contributed by atoms with Crippen molar-refractivity contribution >= 4 is 11.8 Å². The lowest BCUT2D eigenvalue weighted by atomic mass is 10.00. The van der Waals surface area contributed by atoms with Gasteiger partial charge in [0.15, 0.2) is 0 Å². The van der Waals surface area contributed by atoms with Gasteiger partial charge < -0.3 is 10.2 Å². The summed E-state index contributed by atoms with van der Waals surface area (Å²) in [5.41, 5.74) is -2.43. The molecule has 1 fully saturated rings. The minimum Gasteiger partial charge on any atom is -0.351 e. The van der Waals surface area contributed by atoms with Gasteiger partial charge in [-0.15, -0.1) is 0 Å². The highest BCUT2D eigenvalue weighted by molar-refractivity contribution is 5.79. The normalized spacial score (nSPS) is 15.5. The maximum Gasteiger partial charge on any atom is 0.416 e. The SMILES string of the molecule is O=C(CN1CCCN(C(=O)Cc2ccc(C(F)(F)F)cc2C(F)(F)F)CC1)NCc1ccccc1. The molecular formula is C24H25F6N3O2. The van der Waals surface area contributed by atoms with Gasteiger partial charge in [-0.2, -0.15) is 26.3 Å². The second kappa shape index (κ2) is 11.1. The van der Waals surface area contributed by atoms with Crippen LogP contribution in [-0.4, -0.2) is 54.3 Å². The number of amides is 2. The molecule has 0 radical (unpaired) electrons. The Kier molecular flexibility index (Phi) is 8.42. The lowest BCUT2D eigenvalue weighted by Crippen LogP contribution is -2.40. The molecule has 2 aromatic rings. The summed E-state index contributed by atoms with van der Waals surface area (Å²) < 4.78 is 78.8. The van der Waals surface area contributed by atoms with E-state index >= 15 is 0 Å². The Labute approximate surface area is 198 Å². The monoisotopic (exact) mass is 501 g/mol. The van der Waals surface area contributed by atoms with Crippen LogP contribution in [-0.2, 0) is 34.9 Å². The number of nitrogens with zero attached hydrogens (tertiary/aromatic N) is 2. The number of rotatable bonds is 6. The van der Waals surface area contributed by atoms with Gasteiger partial charge in [-0.3, -0.25) is 14.5 Å². The summed E-state index contributed by atoms with van der Waals surface area (Å²) in [6.07, 6.45) is -10.1. The van der Waals surface area contributed by atoms with Crippen LogP contribution in [0.15, 0.2) is 48.5 Å². The van der Waals surface area contributed by atoms with Crippen molar-refractivity contribution in [2.24, 2.45) is 0 Å². The fourth-order valence-corrected chi connectivity index (χ4v) is 3.88. The molecule has 0 aromatic heterocycles. The Balaban J connectivity index is 1.57. The number of carbonyl (C=O) groups is 2. The summed E-state index contributed by atoms with van der Waals surface area (Å²) >= 11 is 0. The van der Waals surface area contributed by atoms with Crippen LogP contribution < -0.4 is 5.32 Å². The van der Waals surface area contributed by atoms with E-state index in [-0.39, 0.29) is 31.6 Å². The smallest absolute Gasteiger partial charge is 0.351 e. The van der Waals surface area contributed by atoms with Crippen molar-refractivity contribution in [3.05, 3.63) is 70.8 Å². The van der Waals surface area contributed by atoms with Crippen molar-refractivity contribution in [3.8, 4) is 0 Å². The van der Waals surface area contributed by atoms with Crippen LogP contribution in [0.5, 0.6) is 0 Å². The zero-order chi connectivity index (χ0) is 25.6. The van der Waals surface area contributed by atoms with Crippen LogP contribution >= 0.6 is 0 Å². The van der Waals surface area contributed by atoms with E-state index in [0.29, 0.717) is 38.2 Å². The van der Waals surface area contributed by atoms with Gasteiger partial charge in [0.25, 0.3) is 0 Å². The van der Waals surface area contributed by atoms with Crippen molar-refractivity contribution in [3.63, 3.8) is 0 Å². The lowest BCUT2D eigenvalue weighted by molar-refractivity contribution is -0.143. The quantitative estimate of drug-likeness (QED) is 0.607. The number of benzene rings is 2. The Morgan fingerprint density at radius 1 is 0.857 bits per heavy atom. The van der Waals surface area contributed by atoms with Crippen molar-refractivity contribution in [2.45, 2.75) is 31.7 Å². The highest BCUT2D eigenvalue weighted by Crippen LogP contribution is 2.37. The van der Waals surface area contributed by atoms with Crippen LogP contribution in [0.3, 0.4) is 0 Å². The molecule has 2 amide bonds. The van der Waals surface area contributed by atoms with Crippen molar-refractivity contribution in [1.29, 1.82) is 0 Å². The van der Waals surface area contributed by atoms with Gasteiger partial charge >= 0.3 is 12.4 Å². The first-order valence-electron chi connectivity index (χ1n) is 11.0. The number of halogens is 6. The van der Waals surface area contributed by atoms with Crippen LogP contribution in [0.1, 0.15) is 28.7 Å². The molecule has 11 heteroatoms. The van der Waals surface area contributed by atoms with Crippen LogP contribution in [0, 0.1) is 0 Å². The summed E-state index contributed by atoms with van der Waals surface area (Å²) in [6, 6.07) is 10.7. The third-order valence-electron chi connectivity index (χ3n) is 5.73. The van der Waals surface area contributed by atoms with Gasteiger partial charge in [0, 0.05) is 32.7 Å². The zero-order valence-electron chi connectivity index (χ0n) is 18.8. The molecule has 0 unspecified atom stereocenters. The second-order valence-electron chi connectivity index (χ2n) is 8.32. The van der Waals surface area contributed by atoms with Crippen molar-refractivity contribution < 1.29 is 35.9 Å². The molecule has 3 rings (SSSR count). The van der Waals surface area contributed by atoms with E-state index in [0.717, 1.165) is 5.56 Å². The summed E-state index contributed by atoms with van der Waals surface area (Å²) in [7, 11) is 0. The van der Waals surface area contributed by atoms with Crippen LogP contribution in [0.25, 0.3) is 0 Å². The van der Waals surface area contributed by atoms with Gasteiger partial charge in [-0.25, -0.2) is 0 Å². The molecule has 0 bridgehead atoms. The fraction of sp³-hybridized carbons (Fsp3) is 0.417. The molecule has 1 heterocycles. The minimum absolute atomic E-state index is 0.0425. The molecule has 35 heavy (non-hydrogen) atoms. The summed E-state index contributed by atoms with van der Waals surface area (Å²) in [6.45, 7) is 1.86. The minimum atomic E-state index is -5.03. The number of alkyl halides is 6. The van der Waals surface area contributed by atoms with Gasteiger partial charge in [-0.1, -0.05) is 36.4 Å². The summed E-state index contributed by atoms with van der Waals surface area (Å²) in [4.78, 5) is 28.2. The average Bonchev–Trinajstić information content (AvgIpc) is 3.03. The number of carbonyl (C=O) groups excluding carboxylic acids is 2. The zero-order valence-corrected chi connectivity index (χ0v) is 18.8. The molecule has 1 saturated heterocycles. The molecule has 1 N–H and O–H groups in total. The standard InChI is InChI=1S/C24H25F6N3O2/c25-23(26,27)19-8-7-18(20(14-19)24(28,29)30)13-22(35)33-10-4-9-32(11-12-33)16-21(34)31-15-17-5-2-1-3-6-17/h1-3,5-8,14H,4,9-13,15-16H2,(H,31,34). The molecule has 5 nitrogen and oxygen atoms in total. The molecule has 0 saturated carbocycles.